The molecule has 34 heavy (non-hydrogen) atoms. The highest BCUT2D eigenvalue weighted by molar-refractivity contribution is 6.30. The smallest absolute Gasteiger partial charge is 0.230 e. The first-order valence-electron chi connectivity index (χ1n) is 12.1. The summed E-state index contributed by atoms with van der Waals surface area (Å²) in [6.07, 6.45) is 5.30. The Bertz CT molecular complexity index is 1120. The van der Waals surface area contributed by atoms with E-state index in [1.165, 1.54) is 16.5 Å². The second-order valence-electron chi connectivity index (χ2n) is 8.96. The Labute approximate surface area is 206 Å². The quantitative estimate of drug-likeness (QED) is 0.438. The average Bonchev–Trinajstić information content (AvgIpc) is 3.26. The lowest BCUT2D eigenvalue weighted by Crippen LogP contribution is -2.44. The molecule has 0 saturated carbocycles. The summed E-state index contributed by atoms with van der Waals surface area (Å²) in [6, 6.07) is 15.9. The van der Waals surface area contributed by atoms with Crippen molar-refractivity contribution in [2.24, 2.45) is 5.92 Å². The number of aromatic amines is 1. The fourth-order valence-corrected chi connectivity index (χ4v) is 4.91. The summed E-state index contributed by atoms with van der Waals surface area (Å²) in [5, 5.41) is 5.42. The number of anilines is 1. The van der Waals surface area contributed by atoms with E-state index in [0.29, 0.717) is 37.5 Å². The van der Waals surface area contributed by atoms with Crippen molar-refractivity contribution in [2.45, 2.75) is 32.6 Å². The second-order valence-corrected chi connectivity index (χ2v) is 9.40. The number of carbonyl (C=O) groups is 2. The molecule has 180 valence electrons. The van der Waals surface area contributed by atoms with Crippen LogP contribution in [-0.2, 0) is 16.0 Å². The van der Waals surface area contributed by atoms with E-state index in [2.05, 4.69) is 34.7 Å². The Morgan fingerprint density at radius 2 is 1.91 bits per heavy atom. The van der Waals surface area contributed by atoms with Crippen LogP contribution in [0.25, 0.3) is 10.9 Å². The predicted octanol–water partition coefficient (Wildman–Crippen LogP) is 4.64. The van der Waals surface area contributed by atoms with E-state index in [4.69, 9.17) is 11.6 Å². The van der Waals surface area contributed by atoms with Crippen LogP contribution < -0.4 is 10.2 Å². The molecule has 2 N–H and O–H groups in total. The number of benzene rings is 2. The number of hydrogen-bond acceptors (Lipinski definition) is 3. The minimum absolute atomic E-state index is 0.0654. The van der Waals surface area contributed by atoms with Crippen molar-refractivity contribution in [1.82, 2.24) is 15.2 Å². The first-order valence-corrected chi connectivity index (χ1v) is 12.5. The summed E-state index contributed by atoms with van der Waals surface area (Å²) >= 11 is 6.23. The van der Waals surface area contributed by atoms with E-state index >= 15 is 0 Å². The first kappa shape index (κ1) is 24.3. The zero-order valence-corrected chi connectivity index (χ0v) is 20.5. The topological polar surface area (TPSA) is 68.4 Å². The number of halogens is 1. The van der Waals surface area contributed by atoms with Crippen molar-refractivity contribution in [2.75, 3.05) is 37.6 Å². The largest absolute Gasteiger partial charge is 0.361 e. The Hall–Kier alpha value is -2.83. The number of amides is 2. The molecule has 0 spiro atoms. The van der Waals surface area contributed by atoms with E-state index in [1.54, 1.807) is 6.92 Å². The highest BCUT2D eigenvalue weighted by Gasteiger charge is 2.30. The van der Waals surface area contributed by atoms with Crippen molar-refractivity contribution in [1.29, 1.82) is 0 Å². The monoisotopic (exact) mass is 480 g/mol. The van der Waals surface area contributed by atoms with Gasteiger partial charge in [-0.1, -0.05) is 35.9 Å². The number of rotatable bonds is 9. The van der Waals surface area contributed by atoms with Crippen LogP contribution in [0.2, 0.25) is 5.02 Å². The summed E-state index contributed by atoms with van der Waals surface area (Å²) in [5.74, 6) is 0.144. The number of likely N-dealkylation sites (tertiary alicyclic amines) is 1. The molecule has 1 fully saturated rings. The molecule has 0 bridgehead atoms. The maximum Gasteiger partial charge on any atom is 0.230 e. The molecule has 1 aromatic heterocycles. The number of fused-ring (bicyclic) bond motifs is 1. The van der Waals surface area contributed by atoms with E-state index in [-0.39, 0.29) is 17.7 Å². The summed E-state index contributed by atoms with van der Waals surface area (Å²) in [5.41, 5.74) is 3.32. The van der Waals surface area contributed by atoms with E-state index in [9.17, 15) is 9.59 Å². The van der Waals surface area contributed by atoms with Crippen LogP contribution in [0.3, 0.4) is 0 Å². The number of para-hydroxylation sites is 1. The third-order valence-electron chi connectivity index (χ3n) is 6.66. The van der Waals surface area contributed by atoms with Gasteiger partial charge in [0.05, 0.1) is 0 Å². The van der Waals surface area contributed by atoms with Crippen molar-refractivity contribution < 1.29 is 9.59 Å². The Kier molecular flexibility index (Phi) is 8.25. The highest BCUT2D eigenvalue weighted by Crippen LogP contribution is 2.26. The van der Waals surface area contributed by atoms with Crippen LogP contribution in [0, 0.1) is 5.92 Å². The van der Waals surface area contributed by atoms with Gasteiger partial charge in [-0.3, -0.25) is 9.59 Å². The fraction of sp³-hybridized carbons (Fsp3) is 0.407. The molecule has 4 rings (SSSR count). The molecule has 0 radical (unpaired) electrons. The van der Waals surface area contributed by atoms with Gasteiger partial charge in [0.1, 0.15) is 0 Å². The lowest BCUT2D eigenvalue weighted by atomic mass is 9.95. The van der Waals surface area contributed by atoms with Gasteiger partial charge in [0.25, 0.3) is 0 Å². The van der Waals surface area contributed by atoms with Crippen LogP contribution in [0.1, 0.15) is 31.7 Å². The number of H-pyrrole nitrogens is 1. The Balaban J connectivity index is 1.30. The van der Waals surface area contributed by atoms with Gasteiger partial charge < -0.3 is 20.1 Å². The summed E-state index contributed by atoms with van der Waals surface area (Å²) in [4.78, 5) is 32.1. The van der Waals surface area contributed by atoms with Gasteiger partial charge in [0.15, 0.2) is 0 Å². The van der Waals surface area contributed by atoms with Crippen molar-refractivity contribution in [3.05, 3.63) is 65.3 Å². The van der Waals surface area contributed by atoms with Gasteiger partial charge in [0, 0.05) is 60.3 Å². The maximum absolute atomic E-state index is 13.4. The van der Waals surface area contributed by atoms with Crippen LogP contribution in [0.15, 0.2) is 54.7 Å². The van der Waals surface area contributed by atoms with Crippen LogP contribution in [-0.4, -0.2) is 54.4 Å². The third-order valence-corrected chi connectivity index (χ3v) is 6.89. The number of hydrogen-bond donors (Lipinski definition) is 2. The molecule has 2 heterocycles. The third kappa shape index (κ3) is 5.99. The van der Waals surface area contributed by atoms with Crippen molar-refractivity contribution in [3.63, 3.8) is 0 Å². The minimum Gasteiger partial charge on any atom is -0.361 e. The zero-order valence-electron chi connectivity index (χ0n) is 19.7. The van der Waals surface area contributed by atoms with Gasteiger partial charge in [-0.05, 0) is 68.6 Å². The van der Waals surface area contributed by atoms with Crippen molar-refractivity contribution in [3.8, 4) is 0 Å². The molecule has 0 unspecified atom stereocenters. The van der Waals surface area contributed by atoms with Crippen molar-refractivity contribution >= 4 is 40.0 Å². The van der Waals surface area contributed by atoms with Gasteiger partial charge in [-0.25, -0.2) is 0 Å². The molecule has 1 aliphatic rings. The number of nitrogens with zero attached hydrogens (tertiary/aromatic N) is 2. The van der Waals surface area contributed by atoms with Crippen LogP contribution in [0.5, 0.6) is 0 Å². The lowest BCUT2D eigenvalue weighted by Gasteiger charge is -2.34. The second kappa shape index (κ2) is 11.5. The normalized spacial score (nSPS) is 14.5. The molecule has 1 saturated heterocycles. The number of piperidine rings is 1. The Morgan fingerprint density at radius 3 is 2.68 bits per heavy atom. The number of nitrogens with one attached hydrogen (secondary N) is 2. The lowest BCUT2D eigenvalue weighted by molar-refractivity contribution is -0.133. The molecule has 1 aliphatic heterocycles. The number of carbonyl (C=O) groups excluding carboxylic acids is 2. The summed E-state index contributed by atoms with van der Waals surface area (Å²) in [7, 11) is 0. The SMILES string of the molecule is CC(=O)N1CCC(C(=O)N(CCCNCCc2c[nH]c3ccccc23)c2cccc(Cl)c2)CC1. The minimum atomic E-state index is -0.0654. The maximum atomic E-state index is 13.4. The van der Waals surface area contributed by atoms with E-state index in [0.717, 1.165) is 31.6 Å². The molecule has 7 heteroatoms. The summed E-state index contributed by atoms with van der Waals surface area (Å²) < 4.78 is 0. The molecule has 6 nitrogen and oxygen atoms in total. The molecule has 2 amide bonds. The molecular weight excluding hydrogens is 448 g/mol. The predicted molar refractivity (Wildman–Crippen MR) is 138 cm³/mol. The van der Waals surface area contributed by atoms with Crippen LogP contribution in [0.4, 0.5) is 5.69 Å². The van der Waals surface area contributed by atoms with Gasteiger partial charge in [-0.15, -0.1) is 0 Å². The molecular formula is C27H33ClN4O2. The summed E-state index contributed by atoms with van der Waals surface area (Å²) in [6.45, 7) is 5.22. The van der Waals surface area contributed by atoms with E-state index in [1.807, 2.05) is 40.1 Å². The standard InChI is InChI=1S/C27H33ClN4O2/c1-20(33)31-16-11-21(12-17-31)27(34)32(24-7-4-6-23(28)18-24)15-5-13-29-14-10-22-19-30-26-9-3-2-8-25(22)26/h2-4,6-9,18-19,21,29-30H,5,10-17H2,1H3. The van der Waals surface area contributed by atoms with Gasteiger partial charge in [-0.2, -0.15) is 0 Å². The highest BCUT2D eigenvalue weighted by atomic mass is 35.5. The Morgan fingerprint density at radius 1 is 1.12 bits per heavy atom. The molecule has 2 aromatic carbocycles. The first-order chi connectivity index (χ1) is 16.5. The van der Waals surface area contributed by atoms with Gasteiger partial charge in [0.2, 0.25) is 11.8 Å². The molecule has 0 aliphatic carbocycles. The molecule has 3 aromatic rings. The average molecular weight is 481 g/mol. The molecule has 0 atom stereocenters. The zero-order chi connectivity index (χ0) is 23.9. The van der Waals surface area contributed by atoms with Gasteiger partial charge >= 0.3 is 0 Å². The van der Waals surface area contributed by atoms with E-state index < -0.39 is 0 Å². The fourth-order valence-electron chi connectivity index (χ4n) is 4.72. The number of aromatic nitrogens is 1. The van der Waals surface area contributed by atoms with Crippen LogP contribution >= 0.6 is 11.6 Å².